The van der Waals surface area contributed by atoms with E-state index >= 15 is 0 Å². The fraction of sp³-hybridized carbons (Fsp3) is 0.308. The lowest BCUT2D eigenvalue weighted by molar-refractivity contribution is 0.0696. The smallest absolute Gasteiger partial charge is 0.335 e. The molecule has 2 aromatic rings. The molecular formula is C13H13ClN4O4S. The van der Waals surface area contributed by atoms with Crippen LogP contribution in [0.5, 0.6) is 0 Å². The number of benzene rings is 1. The maximum Gasteiger partial charge on any atom is 0.335 e. The Morgan fingerprint density at radius 2 is 2.17 bits per heavy atom. The molecule has 2 N–H and O–H groups in total. The number of rotatable bonds is 5. The average Bonchev–Trinajstić information content (AvgIpc) is 3.08. The van der Waals surface area contributed by atoms with Gasteiger partial charge in [0.1, 0.15) is 16.5 Å². The van der Waals surface area contributed by atoms with Crippen LogP contribution in [0.3, 0.4) is 0 Å². The number of fused-ring (bicyclic) bond motifs is 1. The van der Waals surface area contributed by atoms with Crippen LogP contribution in [0.15, 0.2) is 23.1 Å². The van der Waals surface area contributed by atoms with E-state index in [1.165, 1.54) is 12.1 Å². The number of halogens is 1. The Balaban J connectivity index is 1.84. The first-order chi connectivity index (χ1) is 10.9. The SMILES string of the molecule is O=C(O)c1ccc(Cl)c(S(=O)(=O)NCc2nnc3n2CCC3)c1. The summed E-state index contributed by atoms with van der Waals surface area (Å²) in [5.74, 6) is 0.130. The number of aromatic nitrogens is 3. The zero-order chi connectivity index (χ0) is 16.6. The fourth-order valence-electron chi connectivity index (χ4n) is 2.42. The van der Waals surface area contributed by atoms with Gasteiger partial charge >= 0.3 is 5.97 Å². The summed E-state index contributed by atoms with van der Waals surface area (Å²) >= 11 is 5.89. The summed E-state index contributed by atoms with van der Waals surface area (Å²) in [5.41, 5.74) is -0.154. The van der Waals surface area contributed by atoms with E-state index in [4.69, 9.17) is 16.7 Å². The van der Waals surface area contributed by atoms with Gasteiger partial charge in [-0.25, -0.2) is 17.9 Å². The average molecular weight is 357 g/mol. The van der Waals surface area contributed by atoms with Crippen molar-refractivity contribution in [1.82, 2.24) is 19.5 Å². The van der Waals surface area contributed by atoms with Gasteiger partial charge in [-0.2, -0.15) is 0 Å². The molecule has 0 radical (unpaired) electrons. The van der Waals surface area contributed by atoms with E-state index in [9.17, 15) is 13.2 Å². The van der Waals surface area contributed by atoms with Gasteiger partial charge in [-0.05, 0) is 24.6 Å². The molecule has 1 aromatic heterocycles. The van der Waals surface area contributed by atoms with Gasteiger partial charge in [-0.3, -0.25) is 0 Å². The number of hydrogen-bond acceptors (Lipinski definition) is 5. The van der Waals surface area contributed by atoms with Crippen LogP contribution in [0.2, 0.25) is 5.02 Å². The molecule has 23 heavy (non-hydrogen) atoms. The largest absolute Gasteiger partial charge is 0.478 e. The molecule has 0 atom stereocenters. The second-order valence-electron chi connectivity index (χ2n) is 5.06. The predicted molar refractivity (Wildman–Crippen MR) is 80.8 cm³/mol. The normalized spacial score (nSPS) is 14.0. The molecule has 0 amide bonds. The molecule has 1 aromatic carbocycles. The number of nitrogens with one attached hydrogen (secondary N) is 1. The van der Waals surface area contributed by atoms with Crippen molar-refractivity contribution in [3.05, 3.63) is 40.4 Å². The first kappa shape index (κ1) is 15.9. The van der Waals surface area contributed by atoms with Gasteiger partial charge < -0.3 is 9.67 Å². The summed E-state index contributed by atoms with van der Waals surface area (Å²) in [4.78, 5) is 10.7. The molecule has 0 fully saturated rings. The minimum Gasteiger partial charge on any atom is -0.478 e. The van der Waals surface area contributed by atoms with Crippen LogP contribution in [-0.4, -0.2) is 34.3 Å². The third kappa shape index (κ3) is 3.07. The Kier molecular flexibility index (Phi) is 4.09. The zero-order valence-electron chi connectivity index (χ0n) is 11.9. The van der Waals surface area contributed by atoms with Gasteiger partial charge in [0.25, 0.3) is 0 Å². The summed E-state index contributed by atoms with van der Waals surface area (Å²) in [7, 11) is -3.97. The molecule has 0 spiro atoms. The number of nitrogens with zero attached hydrogens (tertiary/aromatic N) is 3. The van der Waals surface area contributed by atoms with Gasteiger partial charge in [0.2, 0.25) is 10.0 Å². The summed E-state index contributed by atoms with van der Waals surface area (Å²) in [5, 5.41) is 16.9. The van der Waals surface area contributed by atoms with E-state index in [0.717, 1.165) is 31.3 Å². The Labute approximate surface area is 137 Å². The molecule has 0 saturated heterocycles. The lowest BCUT2D eigenvalue weighted by Crippen LogP contribution is -2.25. The fourth-order valence-corrected chi connectivity index (χ4v) is 3.92. The van der Waals surface area contributed by atoms with Crippen LogP contribution in [0, 0.1) is 0 Å². The van der Waals surface area contributed by atoms with Gasteiger partial charge in [-0.1, -0.05) is 11.6 Å². The van der Waals surface area contributed by atoms with Crippen molar-refractivity contribution >= 4 is 27.6 Å². The van der Waals surface area contributed by atoms with Gasteiger partial charge in [0.05, 0.1) is 17.1 Å². The number of carboxylic acids is 1. The zero-order valence-corrected chi connectivity index (χ0v) is 13.4. The first-order valence-electron chi connectivity index (χ1n) is 6.82. The number of carbonyl (C=O) groups is 1. The van der Waals surface area contributed by atoms with E-state index in [-0.39, 0.29) is 22.0 Å². The molecule has 1 aliphatic rings. The molecule has 0 bridgehead atoms. The van der Waals surface area contributed by atoms with Crippen molar-refractivity contribution in [2.75, 3.05) is 0 Å². The number of hydrogen-bond donors (Lipinski definition) is 2. The highest BCUT2D eigenvalue weighted by molar-refractivity contribution is 7.89. The monoisotopic (exact) mass is 356 g/mol. The van der Waals surface area contributed by atoms with Gasteiger partial charge in [0, 0.05) is 13.0 Å². The van der Waals surface area contributed by atoms with E-state index in [1.54, 1.807) is 0 Å². The number of aryl methyl sites for hydroxylation is 1. The molecule has 0 unspecified atom stereocenters. The van der Waals surface area contributed by atoms with Crippen LogP contribution in [-0.2, 0) is 29.5 Å². The second-order valence-corrected chi connectivity index (χ2v) is 7.21. The molecule has 2 heterocycles. The van der Waals surface area contributed by atoms with Crippen LogP contribution < -0.4 is 4.72 Å². The minimum absolute atomic E-state index is 0.0387. The van der Waals surface area contributed by atoms with Crippen molar-refractivity contribution in [2.24, 2.45) is 0 Å². The van der Waals surface area contributed by atoms with Crippen LogP contribution in [0.1, 0.15) is 28.4 Å². The molecule has 3 rings (SSSR count). The molecule has 1 aliphatic heterocycles. The van der Waals surface area contributed by atoms with E-state index < -0.39 is 16.0 Å². The van der Waals surface area contributed by atoms with Gasteiger partial charge in [-0.15, -0.1) is 10.2 Å². The van der Waals surface area contributed by atoms with E-state index in [1.807, 2.05) is 4.57 Å². The predicted octanol–water partition coefficient (Wildman–Crippen LogP) is 1.05. The highest BCUT2D eigenvalue weighted by atomic mass is 35.5. The van der Waals surface area contributed by atoms with Crippen molar-refractivity contribution in [3.8, 4) is 0 Å². The van der Waals surface area contributed by atoms with Crippen LogP contribution in [0.25, 0.3) is 0 Å². The Bertz CT molecular complexity index is 878. The first-order valence-corrected chi connectivity index (χ1v) is 8.68. The van der Waals surface area contributed by atoms with E-state index in [0.29, 0.717) is 5.82 Å². The Hall–Kier alpha value is -1.97. The maximum absolute atomic E-state index is 12.4. The highest BCUT2D eigenvalue weighted by Crippen LogP contribution is 2.23. The van der Waals surface area contributed by atoms with Crippen molar-refractivity contribution in [1.29, 1.82) is 0 Å². The standard InChI is InChI=1S/C13H13ClN4O4S/c14-9-4-3-8(13(19)20)6-10(9)23(21,22)15-7-12-17-16-11-2-1-5-18(11)12/h3-4,6,15H,1-2,5,7H2,(H,19,20). The summed E-state index contributed by atoms with van der Waals surface area (Å²) in [6, 6.07) is 3.52. The number of aromatic carboxylic acids is 1. The molecule has 8 nitrogen and oxygen atoms in total. The van der Waals surface area contributed by atoms with Crippen LogP contribution in [0.4, 0.5) is 0 Å². The highest BCUT2D eigenvalue weighted by Gasteiger charge is 2.22. The topological polar surface area (TPSA) is 114 Å². The minimum atomic E-state index is -3.97. The van der Waals surface area contributed by atoms with Gasteiger partial charge in [0.15, 0.2) is 0 Å². The van der Waals surface area contributed by atoms with Crippen molar-refractivity contribution in [3.63, 3.8) is 0 Å². The van der Waals surface area contributed by atoms with E-state index in [2.05, 4.69) is 14.9 Å². The lowest BCUT2D eigenvalue weighted by atomic mass is 10.2. The molecular weight excluding hydrogens is 344 g/mol. The number of carboxylic acid groups (broad SMARTS) is 1. The molecule has 10 heteroatoms. The summed E-state index contributed by atoms with van der Waals surface area (Å²) < 4.78 is 29.0. The quantitative estimate of drug-likeness (QED) is 0.827. The lowest BCUT2D eigenvalue weighted by Gasteiger charge is -2.09. The third-order valence-corrected chi connectivity index (χ3v) is 5.46. The molecule has 0 saturated carbocycles. The number of sulfonamides is 1. The maximum atomic E-state index is 12.4. The molecule has 122 valence electrons. The van der Waals surface area contributed by atoms with Crippen molar-refractivity contribution < 1.29 is 18.3 Å². The second kappa shape index (κ2) is 5.91. The Morgan fingerprint density at radius 3 is 2.91 bits per heavy atom. The Morgan fingerprint density at radius 1 is 1.39 bits per heavy atom. The molecule has 0 aliphatic carbocycles. The van der Waals surface area contributed by atoms with Crippen LogP contribution >= 0.6 is 11.6 Å². The summed E-state index contributed by atoms with van der Waals surface area (Å²) in [6.45, 7) is 0.720. The van der Waals surface area contributed by atoms with Crippen molar-refractivity contribution in [2.45, 2.75) is 30.8 Å². The third-order valence-electron chi connectivity index (χ3n) is 3.57. The summed E-state index contributed by atoms with van der Waals surface area (Å²) in [6.07, 6.45) is 1.78.